The molecule has 3 atom stereocenters. The summed E-state index contributed by atoms with van der Waals surface area (Å²) in [6.45, 7) is 2.13. The topological polar surface area (TPSA) is 88.0 Å². The van der Waals surface area contributed by atoms with Crippen LogP contribution in [-0.2, 0) is 10.7 Å². The second-order valence-corrected chi connectivity index (χ2v) is 8.94. The Kier molecular flexibility index (Phi) is 7.87. The molecule has 2 aromatic rings. The van der Waals surface area contributed by atoms with Gasteiger partial charge in [0, 0.05) is 24.3 Å². The first-order valence-electron chi connectivity index (χ1n) is 8.82. The first-order chi connectivity index (χ1) is 12.8. The number of hydrogen-bond acceptors (Lipinski definition) is 5. The number of rotatable bonds is 10. The van der Waals surface area contributed by atoms with Crippen LogP contribution < -0.4 is 14.8 Å². The van der Waals surface area contributed by atoms with Crippen molar-refractivity contribution in [2.45, 2.75) is 25.2 Å². The zero-order valence-corrected chi connectivity index (χ0v) is 16.9. The van der Waals surface area contributed by atoms with Crippen LogP contribution in [0.25, 0.3) is 0 Å². The van der Waals surface area contributed by atoms with Crippen LogP contribution in [0.2, 0.25) is 0 Å². The molecule has 0 radical (unpaired) electrons. The van der Waals surface area contributed by atoms with Crippen LogP contribution in [0.3, 0.4) is 0 Å². The van der Waals surface area contributed by atoms with Crippen molar-refractivity contribution in [3.63, 3.8) is 0 Å². The normalized spacial score (nSPS) is 15.6. The predicted octanol–water partition coefficient (Wildman–Crippen LogP) is 3.19. The molecule has 0 heterocycles. The van der Waals surface area contributed by atoms with Gasteiger partial charge in [0.15, 0.2) is 0 Å². The fraction of sp³-hybridized carbons (Fsp3) is 0.400. The highest BCUT2D eigenvalue weighted by Gasteiger charge is 2.24. The number of aliphatic hydroxyl groups excluding tert-OH is 1. The van der Waals surface area contributed by atoms with Crippen LogP contribution in [0.1, 0.15) is 24.1 Å². The summed E-state index contributed by atoms with van der Waals surface area (Å²) in [5, 5.41) is 13.4. The first kappa shape index (κ1) is 21.5. The van der Waals surface area contributed by atoms with E-state index in [-0.39, 0.29) is 24.9 Å². The second-order valence-electron chi connectivity index (χ2n) is 6.56. The van der Waals surface area contributed by atoms with E-state index >= 15 is 0 Å². The van der Waals surface area contributed by atoms with Gasteiger partial charge < -0.3 is 24.8 Å². The summed E-state index contributed by atoms with van der Waals surface area (Å²) >= 11 is 0. The predicted molar refractivity (Wildman–Crippen MR) is 107 cm³/mol. The largest absolute Gasteiger partial charge is 0.497 e. The third kappa shape index (κ3) is 6.67. The van der Waals surface area contributed by atoms with E-state index in [2.05, 4.69) is 5.32 Å². The lowest BCUT2D eigenvalue weighted by atomic mass is 10.1. The maximum Gasteiger partial charge on any atom is 0.207 e. The zero-order chi connectivity index (χ0) is 19.9. The summed E-state index contributed by atoms with van der Waals surface area (Å²) in [6, 6.07) is 14.5. The molecule has 0 fully saturated rings. The maximum absolute atomic E-state index is 12.4. The lowest BCUT2D eigenvalue weighted by molar-refractivity contribution is 0.186. The molecular weight excluding hydrogens is 365 g/mol. The number of ether oxygens (including phenoxy) is 2. The molecule has 27 heavy (non-hydrogen) atoms. The molecule has 7 heteroatoms. The first-order valence-corrected chi connectivity index (χ1v) is 10.9. The standard InChI is InChI=1S/C20H28NO5P/c1-15(19-11-18(25-2)9-10-20(19)26-3)21-12-17(22)14-27(23,24)13-16-7-5-4-6-8-16/h4-11,15,17,21-22H,12-14H2,1-3H3,(H,23,24)/t15?,17-/m0/s1. The summed E-state index contributed by atoms with van der Waals surface area (Å²) in [4.78, 5) is 10.2. The molecular formula is C20H28NO5P. The SMILES string of the molecule is COc1ccc(OC)c(C(C)NC[C@H](O)CP(=O)(O)Cc2ccccc2)c1. The van der Waals surface area contributed by atoms with Crippen molar-refractivity contribution in [3.8, 4) is 11.5 Å². The molecule has 0 aliphatic heterocycles. The van der Waals surface area contributed by atoms with Gasteiger partial charge in [-0.15, -0.1) is 0 Å². The summed E-state index contributed by atoms with van der Waals surface area (Å²) in [7, 11) is -0.273. The van der Waals surface area contributed by atoms with Crippen LogP contribution in [0, 0.1) is 0 Å². The van der Waals surface area contributed by atoms with Crippen molar-refractivity contribution in [3.05, 3.63) is 59.7 Å². The summed E-state index contributed by atoms with van der Waals surface area (Å²) in [5.41, 5.74) is 1.68. The third-order valence-electron chi connectivity index (χ3n) is 4.33. The van der Waals surface area contributed by atoms with Crippen molar-refractivity contribution < 1.29 is 24.0 Å². The van der Waals surface area contributed by atoms with Gasteiger partial charge in [-0.1, -0.05) is 30.3 Å². The van der Waals surface area contributed by atoms with Crippen LogP contribution >= 0.6 is 7.37 Å². The van der Waals surface area contributed by atoms with E-state index in [1.54, 1.807) is 14.2 Å². The van der Waals surface area contributed by atoms with Gasteiger partial charge in [-0.2, -0.15) is 0 Å². The van der Waals surface area contributed by atoms with Gasteiger partial charge in [-0.3, -0.25) is 4.57 Å². The Bertz CT molecular complexity index is 768. The van der Waals surface area contributed by atoms with Crippen molar-refractivity contribution in [1.29, 1.82) is 0 Å². The molecule has 2 unspecified atom stereocenters. The van der Waals surface area contributed by atoms with E-state index in [9.17, 15) is 14.6 Å². The Balaban J connectivity index is 1.93. The van der Waals surface area contributed by atoms with Crippen molar-refractivity contribution in [1.82, 2.24) is 5.32 Å². The third-order valence-corrected chi connectivity index (χ3v) is 6.18. The fourth-order valence-electron chi connectivity index (χ4n) is 2.93. The van der Waals surface area contributed by atoms with Crippen LogP contribution in [0.4, 0.5) is 0 Å². The highest BCUT2D eigenvalue weighted by atomic mass is 31.2. The quantitative estimate of drug-likeness (QED) is 0.538. The minimum absolute atomic E-state index is 0.0597. The number of benzene rings is 2. The van der Waals surface area contributed by atoms with Gasteiger partial charge >= 0.3 is 0 Å². The number of methoxy groups -OCH3 is 2. The molecule has 0 aliphatic rings. The van der Waals surface area contributed by atoms with Gasteiger partial charge in [0.05, 0.1) is 26.5 Å². The average molecular weight is 393 g/mol. The van der Waals surface area contributed by atoms with Crippen molar-refractivity contribution >= 4 is 7.37 Å². The van der Waals surface area contributed by atoms with E-state index in [1.807, 2.05) is 55.5 Å². The zero-order valence-electron chi connectivity index (χ0n) is 16.0. The van der Waals surface area contributed by atoms with Crippen molar-refractivity contribution in [2.75, 3.05) is 26.9 Å². The Morgan fingerprint density at radius 1 is 1.11 bits per heavy atom. The molecule has 0 saturated carbocycles. The maximum atomic E-state index is 12.4. The van der Waals surface area contributed by atoms with Gasteiger partial charge in [0.2, 0.25) is 7.37 Å². The van der Waals surface area contributed by atoms with E-state index in [4.69, 9.17) is 9.47 Å². The van der Waals surface area contributed by atoms with Gasteiger partial charge in [-0.05, 0) is 30.7 Å². The fourth-order valence-corrected chi connectivity index (χ4v) is 4.63. The van der Waals surface area contributed by atoms with Gasteiger partial charge in [0.25, 0.3) is 0 Å². The van der Waals surface area contributed by atoms with E-state index in [0.717, 1.165) is 11.1 Å². The van der Waals surface area contributed by atoms with E-state index in [1.165, 1.54) is 0 Å². The molecule has 0 aromatic heterocycles. The number of aliphatic hydroxyl groups is 1. The van der Waals surface area contributed by atoms with Crippen LogP contribution in [-0.4, -0.2) is 43.0 Å². The minimum Gasteiger partial charge on any atom is -0.497 e. The van der Waals surface area contributed by atoms with Crippen LogP contribution in [0.15, 0.2) is 48.5 Å². The number of nitrogens with one attached hydrogen (secondary N) is 1. The van der Waals surface area contributed by atoms with Gasteiger partial charge in [0.1, 0.15) is 11.5 Å². The highest BCUT2D eigenvalue weighted by molar-refractivity contribution is 7.57. The second kappa shape index (κ2) is 9.90. The molecule has 0 saturated heterocycles. The lowest BCUT2D eigenvalue weighted by Crippen LogP contribution is -2.31. The molecule has 2 aromatic carbocycles. The summed E-state index contributed by atoms with van der Waals surface area (Å²) in [6.07, 6.45) is -1.02. The molecule has 2 rings (SSSR count). The smallest absolute Gasteiger partial charge is 0.207 e. The number of hydrogen-bond donors (Lipinski definition) is 3. The monoisotopic (exact) mass is 393 g/mol. The molecule has 0 amide bonds. The van der Waals surface area contributed by atoms with Gasteiger partial charge in [-0.25, -0.2) is 0 Å². The minimum atomic E-state index is -3.47. The molecule has 0 bridgehead atoms. The lowest BCUT2D eigenvalue weighted by Gasteiger charge is -2.21. The van der Waals surface area contributed by atoms with E-state index in [0.29, 0.717) is 11.5 Å². The Morgan fingerprint density at radius 3 is 2.44 bits per heavy atom. The average Bonchev–Trinajstić information content (AvgIpc) is 2.65. The van der Waals surface area contributed by atoms with E-state index < -0.39 is 13.5 Å². The van der Waals surface area contributed by atoms with Crippen molar-refractivity contribution in [2.24, 2.45) is 0 Å². The Morgan fingerprint density at radius 2 is 1.81 bits per heavy atom. The highest BCUT2D eigenvalue weighted by Crippen LogP contribution is 2.44. The molecule has 0 aliphatic carbocycles. The summed E-state index contributed by atoms with van der Waals surface area (Å²) in [5.74, 6) is 1.42. The molecule has 0 spiro atoms. The summed E-state index contributed by atoms with van der Waals surface area (Å²) < 4.78 is 23.1. The molecule has 148 valence electrons. The Hall–Kier alpha value is -1.85. The molecule has 6 nitrogen and oxygen atoms in total. The van der Waals surface area contributed by atoms with Crippen LogP contribution in [0.5, 0.6) is 11.5 Å². The molecule has 3 N–H and O–H groups in total. The Labute approximate surface area is 160 Å².